The highest BCUT2D eigenvalue weighted by Crippen LogP contribution is 2.12. The lowest BCUT2D eigenvalue weighted by Crippen LogP contribution is -2.38. The lowest BCUT2D eigenvalue weighted by Gasteiger charge is -2.27. The Hall–Kier alpha value is -1.91. The number of aryl methyl sites for hydroxylation is 1. The zero-order valence-corrected chi connectivity index (χ0v) is 14.9. The van der Waals surface area contributed by atoms with Gasteiger partial charge >= 0.3 is 0 Å². The number of nitrogens with zero attached hydrogens (tertiary/aromatic N) is 2. The molecule has 2 rings (SSSR count). The van der Waals surface area contributed by atoms with Gasteiger partial charge in [-0.3, -0.25) is 0 Å². The summed E-state index contributed by atoms with van der Waals surface area (Å²) in [6.45, 7) is 4.75. The standard InChI is InChI=1S/C19H25N3S/c1-16-9-11-18(12-10-16)20-19(23)22(14-13-21(2)3)15-17-7-5-4-6-8-17/h4-12H,13-15H2,1-3H3,(H,20,23). The smallest absolute Gasteiger partial charge is 0.173 e. The number of rotatable bonds is 6. The summed E-state index contributed by atoms with van der Waals surface area (Å²) < 4.78 is 0. The summed E-state index contributed by atoms with van der Waals surface area (Å²) in [7, 11) is 4.16. The number of nitrogens with one attached hydrogen (secondary N) is 1. The minimum absolute atomic E-state index is 0.763. The molecule has 0 aliphatic carbocycles. The maximum atomic E-state index is 5.64. The first-order valence-corrected chi connectivity index (χ1v) is 8.26. The van der Waals surface area contributed by atoms with Gasteiger partial charge in [0.2, 0.25) is 0 Å². The lowest BCUT2D eigenvalue weighted by atomic mass is 10.2. The number of hydrogen-bond acceptors (Lipinski definition) is 2. The molecule has 0 fully saturated rings. The van der Waals surface area contributed by atoms with Gasteiger partial charge < -0.3 is 15.1 Å². The molecule has 0 radical (unpaired) electrons. The van der Waals surface area contributed by atoms with Crippen LogP contribution >= 0.6 is 12.2 Å². The summed E-state index contributed by atoms with van der Waals surface area (Å²) >= 11 is 5.64. The van der Waals surface area contributed by atoms with Gasteiger partial charge in [0.05, 0.1) is 0 Å². The van der Waals surface area contributed by atoms with Gasteiger partial charge in [-0.05, 0) is 50.9 Å². The van der Waals surface area contributed by atoms with Crippen LogP contribution in [0.25, 0.3) is 0 Å². The second kappa shape index (κ2) is 8.65. The highest BCUT2D eigenvalue weighted by molar-refractivity contribution is 7.80. The summed E-state index contributed by atoms with van der Waals surface area (Å²) in [4.78, 5) is 4.39. The maximum Gasteiger partial charge on any atom is 0.173 e. The monoisotopic (exact) mass is 327 g/mol. The molecule has 2 aromatic carbocycles. The average molecular weight is 327 g/mol. The third-order valence-corrected chi connectivity index (χ3v) is 3.98. The molecule has 0 unspecified atom stereocenters. The molecule has 1 N–H and O–H groups in total. The Morgan fingerprint density at radius 2 is 1.61 bits per heavy atom. The Labute approximate surface area is 144 Å². The molecule has 4 heteroatoms. The number of benzene rings is 2. The number of thiocarbonyl (C=S) groups is 1. The average Bonchev–Trinajstić information content (AvgIpc) is 2.54. The molecular formula is C19H25N3S. The minimum atomic E-state index is 0.763. The van der Waals surface area contributed by atoms with Crippen molar-refractivity contribution in [1.29, 1.82) is 0 Å². The van der Waals surface area contributed by atoms with E-state index in [4.69, 9.17) is 12.2 Å². The summed E-state index contributed by atoms with van der Waals surface area (Å²) in [5, 5.41) is 4.12. The molecule has 3 nitrogen and oxygen atoms in total. The summed E-state index contributed by atoms with van der Waals surface area (Å²) in [6.07, 6.45) is 0. The molecule has 0 aliphatic rings. The van der Waals surface area contributed by atoms with E-state index < -0.39 is 0 Å². The van der Waals surface area contributed by atoms with Crippen molar-refractivity contribution in [3.05, 3.63) is 65.7 Å². The van der Waals surface area contributed by atoms with E-state index in [1.165, 1.54) is 11.1 Å². The summed E-state index contributed by atoms with van der Waals surface area (Å²) in [5.74, 6) is 0. The molecule has 0 spiro atoms. The van der Waals surface area contributed by atoms with E-state index >= 15 is 0 Å². The fourth-order valence-corrected chi connectivity index (χ4v) is 2.49. The van der Waals surface area contributed by atoms with Crippen molar-refractivity contribution in [2.24, 2.45) is 0 Å². The second-order valence-corrected chi connectivity index (χ2v) is 6.39. The van der Waals surface area contributed by atoms with Gasteiger partial charge in [-0.2, -0.15) is 0 Å². The first kappa shape index (κ1) is 17.4. The fourth-order valence-electron chi connectivity index (χ4n) is 2.22. The van der Waals surface area contributed by atoms with Crippen LogP contribution in [0.3, 0.4) is 0 Å². The second-order valence-electron chi connectivity index (χ2n) is 6.01. The number of hydrogen-bond donors (Lipinski definition) is 1. The molecule has 23 heavy (non-hydrogen) atoms. The Morgan fingerprint density at radius 1 is 0.957 bits per heavy atom. The molecular weight excluding hydrogens is 302 g/mol. The first-order chi connectivity index (χ1) is 11.0. The molecule has 0 aliphatic heterocycles. The van der Waals surface area contributed by atoms with Crippen molar-refractivity contribution in [2.75, 3.05) is 32.5 Å². The van der Waals surface area contributed by atoms with Crippen LogP contribution in [-0.2, 0) is 6.54 Å². The van der Waals surface area contributed by atoms with Crippen molar-refractivity contribution in [3.63, 3.8) is 0 Å². The van der Waals surface area contributed by atoms with Crippen LogP contribution in [0.1, 0.15) is 11.1 Å². The van der Waals surface area contributed by atoms with Gasteiger partial charge in [0.15, 0.2) is 5.11 Å². The van der Waals surface area contributed by atoms with Crippen molar-refractivity contribution >= 4 is 23.0 Å². The Kier molecular flexibility index (Phi) is 6.56. The number of likely N-dealkylation sites (N-methyl/N-ethyl adjacent to an activating group) is 1. The quantitative estimate of drug-likeness (QED) is 0.814. The summed E-state index contributed by atoms with van der Waals surface area (Å²) in [5.41, 5.74) is 3.54. The predicted octanol–water partition coefficient (Wildman–Crippen LogP) is 3.76. The van der Waals surface area contributed by atoms with Crippen molar-refractivity contribution in [2.45, 2.75) is 13.5 Å². The van der Waals surface area contributed by atoms with E-state index in [0.29, 0.717) is 0 Å². The molecule has 0 atom stereocenters. The van der Waals surface area contributed by atoms with E-state index in [1.807, 2.05) is 6.07 Å². The molecule has 0 saturated carbocycles. The van der Waals surface area contributed by atoms with Crippen LogP contribution in [0.15, 0.2) is 54.6 Å². The van der Waals surface area contributed by atoms with Crippen LogP contribution in [0, 0.1) is 6.92 Å². The SMILES string of the molecule is Cc1ccc(NC(=S)N(CCN(C)C)Cc2ccccc2)cc1. The molecule has 0 amide bonds. The Bertz CT molecular complexity index is 608. The predicted molar refractivity (Wildman–Crippen MR) is 103 cm³/mol. The van der Waals surface area contributed by atoms with E-state index in [9.17, 15) is 0 Å². The number of anilines is 1. The van der Waals surface area contributed by atoms with Crippen LogP contribution < -0.4 is 5.32 Å². The van der Waals surface area contributed by atoms with Crippen molar-refractivity contribution < 1.29 is 0 Å². The topological polar surface area (TPSA) is 18.5 Å². The van der Waals surface area contributed by atoms with Gasteiger partial charge in [0, 0.05) is 25.3 Å². The first-order valence-electron chi connectivity index (χ1n) is 7.86. The zero-order valence-electron chi connectivity index (χ0n) is 14.1. The zero-order chi connectivity index (χ0) is 16.7. The molecule has 0 saturated heterocycles. The highest BCUT2D eigenvalue weighted by atomic mass is 32.1. The molecule has 122 valence electrons. The fraction of sp³-hybridized carbons (Fsp3) is 0.316. The normalized spacial score (nSPS) is 10.6. The lowest BCUT2D eigenvalue weighted by molar-refractivity contribution is 0.328. The van der Waals surface area contributed by atoms with Gasteiger partial charge in [-0.1, -0.05) is 48.0 Å². The van der Waals surface area contributed by atoms with E-state index in [2.05, 4.69) is 84.7 Å². The maximum absolute atomic E-state index is 5.64. The third kappa shape index (κ3) is 6.00. The highest BCUT2D eigenvalue weighted by Gasteiger charge is 2.11. The van der Waals surface area contributed by atoms with Gasteiger partial charge in [-0.25, -0.2) is 0 Å². The van der Waals surface area contributed by atoms with Gasteiger partial charge in [-0.15, -0.1) is 0 Å². The van der Waals surface area contributed by atoms with Crippen molar-refractivity contribution in [1.82, 2.24) is 9.80 Å². The largest absolute Gasteiger partial charge is 0.343 e. The third-order valence-electron chi connectivity index (χ3n) is 3.62. The molecule has 0 heterocycles. The van der Waals surface area contributed by atoms with Crippen LogP contribution in [-0.4, -0.2) is 42.1 Å². The van der Waals surface area contributed by atoms with E-state index in [1.54, 1.807) is 0 Å². The Balaban J connectivity index is 2.05. The van der Waals surface area contributed by atoms with Gasteiger partial charge in [0.1, 0.15) is 0 Å². The molecule has 2 aromatic rings. The summed E-state index contributed by atoms with van der Waals surface area (Å²) in [6, 6.07) is 18.7. The van der Waals surface area contributed by atoms with Gasteiger partial charge in [0.25, 0.3) is 0 Å². The molecule has 0 bridgehead atoms. The van der Waals surface area contributed by atoms with E-state index in [0.717, 1.165) is 30.4 Å². The van der Waals surface area contributed by atoms with Crippen LogP contribution in [0.2, 0.25) is 0 Å². The van der Waals surface area contributed by atoms with Crippen LogP contribution in [0.4, 0.5) is 5.69 Å². The van der Waals surface area contributed by atoms with Crippen LogP contribution in [0.5, 0.6) is 0 Å². The van der Waals surface area contributed by atoms with Crippen molar-refractivity contribution in [3.8, 4) is 0 Å². The van der Waals surface area contributed by atoms with E-state index in [-0.39, 0.29) is 0 Å². The Morgan fingerprint density at radius 3 is 2.22 bits per heavy atom. The molecule has 0 aromatic heterocycles. The minimum Gasteiger partial charge on any atom is -0.343 e.